The van der Waals surface area contributed by atoms with Crippen molar-refractivity contribution < 1.29 is 23.0 Å². The molecule has 1 aromatic carbocycles. The SMILES string of the molecule is COc1ccc(CN(C)C(=O)C2CNC2)cc1OC(F)F.Cl. The Hall–Kier alpha value is -1.60. The second-order valence-corrected chi connectivity index (χ2v) is 4.91. The van der Waals surface area contributed by atoms with Crippen LogP contribution in [0.2, 0.25) is 0 Å². The fraction of sp³-hybridized carbons (Fsp3) is 0.500. The Balaban J connectivity index is 0.00000242. The predicted octanol–water partition coefficient (Wildman–Crippen LogP) is 1.90. The first-order valence-electron chi connectivity index (χ1n) is 6.58. The molecule has 1 fully saturated rings. The summed E-state index contributed by atoms with van der Waals surface area (Å²) in [6.45, 7) is -1.22. The zero-order valence-corrected chi connectivity index (χ0v) is 13.2. The third kappa shape index (κ3) is 4.45. The Morgan fingerprint density at radius 1 is 1.41 bits per heavy atom. The highest BCUT2D eigenvalue weighted by molar-refractivity contribution is 5.85. The first kappa shape index (κ1) is 18.4. The quantitative estimate of drug-likeness (QED) is 0.862. The molecule has 0 bridgehead atoms. The summed E-state index contributed by atoms with van der Waals surface area (Å²) in [7, 11) is 3.07. The van der Waals surface area contributed by atoms with E-state index in [1.54, 1.807) is 24.1 Å². The van der Waals surface area contributed by atoms with Gasteiger partial charge in [0.1, 0.15) is 0 Å². The standard InChI is InChI=1S/C14H18F2N2O3.ClH/c1-18(13(19)10-6-17-7-10)8-9-3-4-11(20-2)12(5-9)21-14(15)16;/h3-5,10,14,17H,6-8H2,1-2H3;1H. The Morgan fingerprint density at radius 3 is 2.59 bits per heavy atom. The lowest BCUT2D eigenvalue weighted by Gasteiger charge is -2.30. The molecule has 1 N–H and O–H groups in total. The van der Waals surface area contributed by atoms with Crippen LogP contribution in [-0.2, 0) is 11.3 Å². The number of carbonyl (C=O) groups is 1. The highest BCUT2D eigenvalue weighted by Crippen LogP contribution is 2.30. The smallest absolute Gasteiger partial charge is 0.387 e. The van der Waals surface area contributed by atoms with Crippen LogP contribution < -0.4 is 14.8 Å². The van der Waals surface area contributed by atoms with Crippen molar-refractivity contribution >= 4 is 18.3 Å². The Labute approximate surface area is 134 Å². The monoisotopic (exact) mass is 336 g/mol. The molecular formula is C14H19ClF2N2O3. The summed E-state index contributed by atoms with van der Waals surface area (Å²) in [6.07, 6.45) is 0. The van der Waals surface area contributed by atoms with Gasteiger partial charge in [0, 0.05) is 26.7 Å². The van der Waals surface area contributed by atoms with Crippen LogP contribution >= 0.6 is 12.4 Å². The van der Waals surface area contributed by atoms with E-state index in [1.165, 1.54) is 13.2 Å². The van der Waals surface area contributed by atoms with Crippen LogP contribution in [0.1, 0.15) is 5.56 Å². The fourth-order valence-corrected chi connectivity index (χ4v) is 2.13. The number of hydrogen-bond donors (Lipinski definition) is 1. The minimum absolute atomic E-state index is 0. The molecule has 124 valence electrons. The number of alkyl halides is 2. The van der Waals surface area contributed by atoms with Gasteiger partial charge in [-0.25, -0.2) is 0 Å². The van der Waals surface area contributed by atoms with Gasteiger partial charge >= 0.3 is 6.61 Å². The van der Waals surface area contributed by atoms with E-state index in [2.05, 4.69) is 10.1 Å². The van der Waals surface area contributed by atoms with E-state index in [4.69, 9.17) is 4.74 Å². The molecule has 5 nitrogen and oxygen atoms in total. The maximum absolute atomic E-state index is 12.4. The van der Waals surface area contributed by atoms with Crippen molar-refractivity contribution in [3.05, 3.63) is 23.8 Å². The summed E-state index contributed by atoms with van der Waals surface area (Å²) in [5.41, 5.74) is 0.703. The molecule has 1 amide bonds. The first-order valence-corrected chi connectivity index (χ1v) is 6.58. The summed E-state index contributed by atoms with van der Waals surface area (Å²) < 4.78 is 34.1. The van der Waals surface area contributed by atoms with Crippen LogP contribution in [0, 0.1) is 5.92 Å². The molecule has 0 saturated carbocycles. The summed E-state index contributed by atoms with van der Waals surface area (Å²) in [6, 6.07) is 4.74. The molecule has 22 heavy (non-hydrogen) atoms. The van der Waals surface area contributed by atoms with Crippen LogP contribution in [0.3, 0.4) is 0 Å². The van der Waals surface area contributed by atoms with Crippen LogP contribution in [0.25, 0.3) is 0 Å². The zero-order chi connectivity index (χ0) is 15.4. The number of ether oxygens (including phenoxy) is 2. The molecule has 1 aliphatic rings. The lowest BCUT2D eigenvalue weighted by Crippen LogP contribution is -2.50. The minimum atomic E-state index is -2.92. The number of carbonyl (C=O) groups excluding carboxylic acids is 1. The number of rotatable bonds is 6. The number of nitrogens with zero attached hydrogens (tertiary/aromatic N) is 1. The Morgan fingerprint density at radius 2 is 2.09 bits per heavy atom. The van der Waals surface area contributed by atoms with Crippen molar-refractivity contribution in [2.24, 2.45) is 5.92 Å². The molecule has 0 spiro atoms. The third-order valence-electron chi connectivity index (χ3n) is 3.37. The highest BCUT2D eigenvalue weighted by atomic mass is 35.5. The molecule has 1 heterocycles. The number of hydrogen-bond acceptors (Lipinski definition) is 4. The number of amides is 1. The van der Waals surface area contributed by atoms with Crippen molar-refractivity contribution in [3.63, 3.8) is 0 Å². The van der Waals surface area contributed by atoms with E-state index in [9.17, 15) is 13.6 Å². The topological polar surface area (TPSA) is 50.8 Å². The van der Waals surface area contributed by atoms with Crippen molar-refractivity contribution in [2.45, 2.75) is 13.2 Å². The van der Waals surface area contributed by atoms with Crippen molar-refractivity contribution in [3.8, 4) is 11.5 Å². The minimum Gasteiger partial charge on any atom is -0.493 e. The second-order valence-electron chi connectivity index (χ2n) is 4.91. The average Bonchev–Trinajstić information content (AvgIpc) is 2.36. The van der Waals surface area contributed by atoms with Crippen LogP contribution in [0.5, 0.6) is 11.5 Å². The maximum atomic E-state index is 12.4. The van der Waals surface area contributed by atoms with Crippen LogP contribution in [0.15, 0.2) is 18.2 Å². The normalized spacial score (nSPS) is 14.0. The molecule has 2 rings (SSSR count). The largest absolute Gasteiger partial charge is 0.493 e. The van der Waals surface area contributed by atoms with Gasteiger partial charge in [-0.3, -0.25) is 4.79 Å². The third-order valence-corrected chi connectivity index (χ3v) is 3.37. The molecule has 8 heteroatoms. The van der Waals surface area contributed by atoms with Gasteiger partial charge in [0.05, 0.1) is 13.0 Å². The van der Waals surface area contributed by atoms with Crippen molar-refractivity contribution in [1.82, 2.24) is 10.2 Å². The van der Waals surface area contributed by atoms with Gasteiger partial charge < -0.3 is 19.7 Å². The Bertz CT molecular complexity index is 513. The van der Waals surface area contributed by atoms with Gasteiger partial charge in [-0.05, 0) is 17.7 Å². The number of methoxy groups -OCH3 is 1. The predicted molar refractivity (Wildman–Crippen MR) is 79.7 cm³/mol. The molecule has 0 atom stereocenters. The van der Waals surface area contributed by atoms with Gasteiger partial charge in [-0.1, -0.05) is 6.07 Å². The summed E-state index contributed by atoms with van der Waals surface area (Å²) >= 11 is 0. The molecule has 0 unspecified atom stereocenters. The molecule has 0 radical (unpaired) electrons. The van der Waals surface area contributed by atoms with Gasteiger partial charge in [0.2, 0.25) is 5.91 Å². The lowest BCUT2D eigenvalue weighted by molar-refractivity contribution is -0.136. The number of benzene rings is 1. The molecule has 1 aromatic rings. The van der Waals surface area contributed by atoms with E-state index < -0.39 is 6.61 Å². The first-order chi connectivity index (χ1) is 10.0. The highest BCUT2D eigenvalue weighted by Gasteiger charge is 2.27. The molecule has 0 aliphatic carbocycles. The van der Waals surface area contributed by atoms with Crippen LogP contribution in [-0.4, -0.2) is 44.7 Å². The van der Waals surface area contributed by atoms with Gasteiger partial charge in [0.25, 0.3) is 0 Å². The van der Waals surface area contributed by atoms with E-state index in [0.29, 0.717) is 25.2 Å². The van der Waals surface area contributed by atoms with Crippen molar-refractivity contribution in [2.75, 3.05) is 27.2 Å². The molecule has 0 aromatic heterocycles. The van der Waals surface area contributed by atoms with Crippen molar-refractivity contribution in [1.29, 1.82) is 0 Å². The lowest BCUT2D eigenvalue weighted by atomic mass is 10.0. The van der Waals surface area contributed by atoms with Gasteiger partial charge in [-0.2, -0.15) is 8.78 Å². The van der Waals surface area contributed by atoms with E-state index >= 15 is 0 Å². The average molecular weight is 337 g/mol. The summed E-state index contributed by atoms with van der Waals surface area (Å²) in [5, 5.41) is 3.04. The maximum Gasteiger partial charge on any atom is 0.387 e. The zero-order valence-electron chi connectivity index (χ0n) is 12.3. The van der Waals surface area contributed by atoms with Crippen LogP contribution in [0.4, 0.5) is 8.78 Å². The van der Waals surface area contributed by atoms with Gasteiger partial charge in [-0.15, -0.1) is 12.4 Å². The van der Waals surface area contributed by atoms with E-state index in [0.717, 1.165) is 0 Å². The fourth-order valence-electron chi connectivity index (χ4n) is 2.13. The van der Waals surface area contributed by atoms with Gasteiger partial charge in [0.15, 0.2) is 11.5 Å². The number of halogens is 3. The summed E-state index contributed by atoms with van der Waals surface area (Å²) in [5.74, 6) is 0.248. The summed E-state index contributed by atoms with van der Waals surface area (Å²) in [4.78, 5) is 13.6. The Kier molecular flexibility index (Phi) is 6.83. The molecular weight excluding hydrogens is 318 g/mol. The number of nitrogens with one attached hydrogen (secondary N) is 1. The molecule has 1 aliphatic heterocycles. The second kappa shape index (κ2) is 8.14. The van der Waals surface area contributed by atoms with E-state index in [-0.39, 0.29) is 35.7 Å². The molecule has 1 saturated heterocycles. The van der Waals surface area contributed by atoms with E-state index in [1.807, 2.05) is 0 Å².